The number of carbonyl (C=O) groups is 3. The molecule has 3 N–H and O–H groups in total. The number of aromatic nitrogens is 3. The van der Waals surface area contributed by atoms with E-state index in [0.29, 0.717) is 38.7 Å². The number of nitrogens with zero attached hydrogens (tertiary/aromatic N) is 3. The van der Waals surface area contributed by atoms with Crippen molar-refractivity contribution in [1.82, 2.24) is 25.4 Å². The summed E-state index contributed by atoms with van der Waals surface area (Å²) in [5.74, 6) is 0.0730. The number of hydrogen-bond donors (Lipinski definition) is 3. The first kappa shape index (κ1) is 31.7. The SMILES string of the molecule is CC(C)[C@@H](NC(=O)c1ccc(Cl)cc1)c1nnc(SCC(=O)Nc2sc3c(c2C(=O)NCc2ccccc2)CCCC3)n1C. The maximum atomic E-state index is 13.4. The molecule has 5 rings (SSSR count). The molecule has 3 amide bonds. The van der Waals surface area contributed by atoms with Crippen LogP contribution in [0.5, 0.6) is 0 Å². The molecule has 12 heteroatoms. The monoisotopic (exact) mass is 650 g/mol. The van der Waals surface area contributed by atoms with Crippen molar-refractivity contribution in [2.75, 3.05) is 11.1 Å². The number of nitrogens with one attached hydrogen (secondary N) is 3. The number of halogens is 1. The fourth-order valence-corrected chi connectivity index (χ4v) is 7.28. The fourth-order valence-electron chi connectivity index (χ4n) is 5.13. The van der Waals surface area contributed by atoms with E-state index in [0.717, 1.165) is 36.8 Å². The largest absolute Gasteiger partial charge is 0.348 e. The van der Waals surface area contributed by atoms with Crippen molar-refractivity contribution < 1.29 is 14.4 Å². The van der Waals surface area contributed by atoms with Crippen LogP contribution in [0.4, 0.5) is 5.00 Å². The van der Waals surface area contributed by atoms with E-state index in [1.165, 1.54) is 28.0 Å². The second-order valence-corrected chi connectivity index (χ2v) is 13.5. The standard InChI is InChI=1S/C32H35ClN6O3S2/c1-19(2)27(36-29(41)21-13-15-22(33)16-14-21)28-37-38-32(39(28)3)43-18-25(40)35-31-26(23-11-7-8-12-24(23)44-31)30(42)34-17-20-9-5-4-6-10-20/h4-6,9-10,13-16,19,27H,7-8,11-12,17-18H2,1-3H3,(H,34,42)(H,35,40)(H,36,41)/t27-/m1/s1. The summed E-state index contributed by atoms with van der Waals surface area (Å²) in [7, 11) is 1.82. The third-order valence-electron chi connectivity index (χ3n) is 7.49. The molecule has 9 nitrogen and oxygen atoms in total. The highest BCUT2D eigenvalue weighted by atomic mass is 35.5. The van der Waals surface area contributed by atoms with Gasteiger partial charge in [-0.3, -0.25) is 14.4 Å². The second-order valence-electron chi connectivity index (χ2n) is 11.0. The molecule has 44 heavy (non-hydrogen) atoms. The van der Waals surface area contributed by atoms with E-state index in [-0.39, 0.29) is 29.4 Å². The minimum atomic E-state index is -0.395. The third-order valence-corrected chi connectivity index (χ3v) is 9.97. The Morgan fingerprint density at radius 2 is 1.73 bits per heavy atom. The summed E-state index contributed by atoms with van der Waals surface area (Å²) in [6.07, 6.45) is 3.85. The molecular formula is C32H35ClN6O3S2. The lowest BCUT2D eigenvalue weighted by atomic mass is 9.95. The van der Waals surface area contributed by atoms with Gasteiger partial charge in [-0.2, -0.15) is 0 Å². The van der Waals surface area contributed by atoms with Crippen LogP contribution >= 0.6 is 34.7 Å². The van der Waals surface area contributed by atoms with Crippen LogP contribution in [0, 0.1) is 5.92 Å². The van der Waals surface area contributed by atoms with Crippen LogP contribution in [-0.2, 0) is 31.2 Å². The highest BCUT2D eigenvalue weighted by Crippen LogP contribution is 2.38. The average Bonchev–Trinajstić information content (AvgIpc) is 3.57. The summed E-state index contributed by atoms with van der Waals surface area (Å²) in [5.41, 5.74) is 3.14. The molecule has 1 atom stereocenters. The predicted octanol–water partition coefficient (Wildman–Crippen LogP) is 6.20. The normalized spacial score (nSPS) is 13.3. The molecule has 0 radical (unpaired) electrons. The van der Waals surface area contributed by atoms with Gasteiger partial charge in [0.2, 0.25) is 5.91 Å². The molecule has 1 aliphatic rings. The molecule has 0 saturated heterocycles. The smallest absolute Gasteiger partial charge is 0.254 e. The van der Waals surface area contributed by atoms with Gasteiger partial charge in [0.1, 0.15) is 5.00 Å². The van der Waals surface area contributed by atoms with Crippen molar-refractivity contribution >= 4 is 57.4 Å². The van der Waals surface area contributed by atoms with Crippen molar-refractivity contribution in [3.8, 4) is 0 Å². The topological polar surface area (TPSA) is 118 Å². The minimum absolute atomic E-state index is 0.0339. The number of amides is 3. The molecule has 1 aliphatic carbocycles. The molecular weight excluding hydrogens is 616 g/mol. The summed E-state index contributed by atoms with van der Waals surface area (Å²) in [6.45, 7) is 4.41. The molecule has 0 aliphatic heterocycles. The van der Waals surface area contributed by atoms with Gasteiger partial charge in [0, 0.05) is 29.1 Å². The Morgan fingerprint density at radius 3 is 2.45 bits per heavy atom. The first-order valence-electron chi connectivity index (χ1n) is 14.6. The lowest BCUT2D eigenvalue weighted by molar-refractivity contribution is -0.113. The number of thiophene rings is 1. The third kappa shape index (κ3) is 7.51. The zero-order valence-corrected chi connectivity index (χ0v) is 27.2. The van der Waals surface area contributed by atoms with E-state index in [1.54, 1.807) is 28.8 Å². The Bertz CT molecular complexity index is 1640. The van der Waals surface area contributed by atoms with Crippen LogP contribution in [0.1, 0.15) is 75.3 Å². The summed E-state index contributed by atoms with van der Waals surface area (Å²) in [6, 6.07) is 16.1. The fraction of sp³-hybridized carbons (Fsp3) is 0.344. The van der Waals surface area contributed by atoms with E-state index in [4.69, 9.17) is 11.6 Å². The van der Waals surface area contributed by atoms with Crippen LogP contribution in [0.3, 0.4) is 0 Å². The highest BCUT2D eigenvalue weighted by Gasteiger charge is 2.28. The molecule has 230 valence electrons. The van der Waals surface area contributed by atoms with E-state index in [1.807, 2.05) is 51.2 Å². The quantitative estimate of drug-likeness (QED) is 0.167. The number of fused-ring (bicyclic) bond motifs is 1. The lowest BCUT2D eigenvalue weighted by Crippen LogP contribution is -2.33. The number of hydrogen-bond acceptors (Lipinski definition) is 7. The highest BCUT2D eigenvalue weighted by molar-refractivity contribution is 7.99. The average molecular weight is 651 g/mol. The maximum absolute atomic E-state index is 13.4. The van der Waals surface area contributed by atoms with Crippen LogP contribution in [-0.4, -0.2) is 38.2 Å². The van der Waals surface area contributed by atoms with E-state index in [9.17, 15) is 14.4 Å². The van der Waals surface area contributed by atoms with Gasteiger partial charge in [0.05, 0.1) is 17.4 Å². The molecule has 0 unspecified atom stereocenters. The molecule has 4 aromatic rings. The minimum Gasteiger partial charge on any atom is -0.348 e. The van der Waals surface area contributed by atoms with E-state index >= 15 is 0 Å². The summed E-state index contributed by atoms with van der Waals surface area (Å²) in [5, 5.41) is 19.5. The zero-order valence-electron chi connectivity index (χ0n) is 24.9. The Hall–Kier alpha value is -3.67. The van der Waals surface area contributed by atoms with Crippen LogP contribution in [0.15, 0.2) is 59.8 Å². The van der Waals surface area contributed by atoms with Gasteiger partial charge in [-0.15, -0.1) is 21.5 Å². The van der Waals surface area contributed by atoms with Gasteiger partial charge in [0.15, 0.2) is 11.0 Å². The second kappa shape index (κ2) is 14.4. The van der Waals surface area contributed by atoms with Crippen molar-refractivity contribution in [2.45, 2.75) is 57.3 Å². The van der Waals surface area contributed by atoms with E-state index in [2.05, 4.69) is 26.1 Å². The molecule has 2 aromatic carbocycles. The number of thioether (sulfide) groups is 1. The molecule has 0 saturated carbocycles. The summed E-state index contributed by atoms with van der Waals surface area (Å²) < 4.78 is 1.80. The first-order valence-corrected chi connectivity index (χ1v) is 16.7. The van der Waals surface area contributed by atoms with Crippen LogP contribution < -0.4 is 16.0 Å². The first-order chi connectivity index (χ1) is 21.2. The number of benzene rings is 2. The Kier molecular flexibility index (Phi) is 10.4. The maximum Gasteiger partial charge on any atom is 0.254 e. The van der Waals surface area contributed by atoms with Gasteiger partial charge in [-0.05, 0) is 67.0 Å². The Labute approximate surface area is 270 Å². The van der Waals surface area contributed by atoms with Crippen molar-refractivity contribution in [3.63, 3.8) is 0 Å². The van der Waals surface area contributed by atoms with Crippen molar-refractivity contribution in [2.24, 2.45) is 13.0 Å². The number of carbonyl (C=O) groups excluding carboxylic acids is 3. The van der Waals surface area contributed by atoms with Crippen LogP contribution in [0.2, 0.25) is 5.02 Å². The summed E-state index contributed by atoms with van der Waals surface area (Å²) >= 11 is 8.72. The zero-order chi connectivity index (χ0) is 31.2. The van der Waals surface area contributed by atoms with Crippen molar-refractivity contribution in [3.05, 3.63) is 92.6 Å². The number of aryl methyl sites for hydroxylation is 1. The predicted molar refractivity (Wildman–Crippen MR) is 175 cm³/mol. The molecule has 0 spiro atoms. The Morgan fingerprint density at radius 1 is 1.00 bits per heavy atom. The molecule has 0 bridgehead atoms. The number of rotatable bonds is 11. The number of anilines is 1. The van der Waals surface area contributed by atoms with Gasteiger partial charge in [0.25, 0.3) is 11.8 Å². The molecule has 2 heterocycles. The van der Waals surface area contributed by atoms with Gasteiger partial charge in [-0.25, -0.2) is 0 Å². The molecule has 2 aromatic heterocycles. The van der Waals surface area contributed by atoms with Crippen molar-refractivity contribution in [1.29, 1.82) is 0 Å². The van der Waals surface area contributed by atoms with Crippen LogP contribution in [0.25, 0.3) is 0 Å². The summed E-state index contributed by atoms with van der Waals surface area (Å²) in [4.78, 5) is 40.6. The van der Waals surface area contributed by atoms with Gasteiger partial charge < -0.3 is 20.5 Å². The Balaban J connectivity index is 1.24. The lowest BCUT2D eigenvalue weighted by Gasteiger charge is -2.21. The van der Waals surface area contributed by atoms with Gasteiger partial charge in [-0.1, -0.05) is 67.5 Å². The van der Waals surface area contributed by atoms with E-state index < -0.39 is 6.04 Å². The molecule has 0 fully saturated rings. The van der Waals surface area contributed by atoms with Gasteiger partial charge >= 0.3 is 0 Å².